The Balaban J connectivity index is 1.76. The first kappa shape index (κ1) is 20.4. The second kappa shape index (κ2) is 7.56. The number of benzene rings is 1. The second-order valence-electron chi connectivity index (χ2n) is 6.24. The summed E-state index contributed by atoms with van der Waals surface area (Å²) in [6.07, 6.45) is -5.68. The maximum Gasteiger partial charge on any atom is 0.330 e. The van der Waals surface area contributed by atoms with Gasteiger partial charge in [0.1, 0.15) is 18.3 Å². The normalized spacial score (nSPS) is 25.1. The SMILES string of the molecule is Cc1ccc(S(=O)(=O)OCC2OC(n3cc(F)c(=O)[nH]c3=O)C(O)C2O)cc1. The van der Waals surface area contributed by atoms with E-state index in [0.717, 1.165) is 5.56 Å². The minimum absolute atomic E-state index is 0.110. The van der Waals surface area contributed by atoms with Gasteiger partial charge in [-0.25, -0.2) is 4.79 Å². The largest absolute Gasteiger partial charge is 0.387 e. The van der Waals surface area contributed by atoms with Crippen LogP contribution in [0.4, 0.5) is 4.39 Å². The zero-order chi connectivity index (χ0) is 20.6. The molecule has 1 aromatic heterocycles. The lowest BCUT2D eigenvalue weighted by atomic mass is 10.1. The van der Waals surface area contributed by atoms with Crippen molar-refractivity contribution >= 4 is 10.1 Å². The first-order valence-electron chi connectivity index (χ1n) is 8.09. The number of aliphatic hydroxyl groups excluding tert-OH is 2. The Morgan fingerprint density at radius 2 is 1.86 bits per heavy atom. The molecule has 0 spiro atoms. The molecule has 152 valence electrons. The molecule has 3 rings (SSSR count). The highest BCUT2D eigenvalue weighted by atomic mass is 32.2. The summed E-state index contributed by atoms with van der Waals surface area (Å²) in [6.45, 7) is 1.12. The lowest BCUT2D eigenvalue weighted by Crippen LogP contribution is -2.38. The fourth-order valence-electron chi connectivity index (χ4n) is 2.68. The van der Waals surface area contributed by atoms with Gasteiger partial charge >= 0.3 is 5.69 Å². The monoisotopic (exact) mass is 416 g/mol. The van der Waals surface area contributed by atoms with Crippen molar-refractivity contribution in [1.29, 1.82) is 0 Å². The number of nitrogens with zero attached hydrogens (tertiary/aromatic N) is 1. The van der Waals surface area contributed by atoms with E-state index in [9.17, 15) is 32.6 Å². The van der Waals surface area contributed by atoms with Gasteiger partial charge < -0.3 is 14.9 Å². The Morgan fingerprint density at radius 3 is 2.50 bits per heavy atom. The molecule has 1 saturated heterocycles. The number of H-pyrrole nitrogens is 1. The van der Waals surface area contributed by atoms with E-state index < -0.39 is 58.3 Å². The number of nitrogens with one attached hydrogen (secondary N) is 1. The molecule has 4 unspecified atom stereocenters. The van der Waals surface area contributed by atoms with Crippen LogP contribution < -0.4 is 11.2 Å². The van der Waals surface area contributed by atoms with Gasteiger partial charge in [0.05, 0.1) is 17.7 Å². The van der Waals surface area contributed by atoms with Gasteiger partial charge in [0.15, 0.2) is 6.23 Å². The molecule has 2 aromatic rings. The van der Waals surface area contributed by atoms with Crippen LogP contribution in [0.15, 0.2) is 44.9 Å². The van der Waals surface area contributed by atoms with E-state index in [-0.39, 0.29) is 4.90 Å². The standard InChI is InChI=1S/C16H17FN2O8S/c1-8-2-4-9(5-3-8)28(24,25)26-7-11-12(20)13(21)15(27-11)19-6-10(17)14(22)18-16(19)23/h2-6,11-13,15,20-21H,7H2,1H3,(H,18,22,23). The highest BCUT2D eigenvalue weighted by Gasteiger charge is 2.45. The zero-order valence-electron chi connectivity index (χ0n) is 14.5. The number of rotatable bonds is 5. The number of hydrogen-bond donors (Lipinski definition) is 3. The number of ether oxygens (including phenoxy) is 1. The molecule has 28 heavy (non-hydrogen) atoms. The Hall–Kier alpha value is -2.38. The average molecular weight is 416 g/mol. The number of hydrogen-bond acceptors (Lipinski definition) is 8. The third-order valence-electron chi connectivity index (χ3n) is 4.23. The molecule has 1 fully saturated rings. The molecule has 10 nitrogen and oxygen atoms in total. The van der Waals surface area contributed by atoms with Crippen LogP contribution in [0.25, 0.3) is 0 Å². The van der Waals surface area contributed by atoms with E-state index in [1.807, 2.05) is 0 Å². The Labute approximate surface area is 157 Å². The van der Waals surface area contributed by atoms with Gasteiger partial charge in [0.25, 0.3) is 15.7 Å². The van der Waals surface area contributed by atoms with E-state index in [4.69, 9.17) is 8.92 Å². The molecule has 0 amide bonds. The molecule has 3 N–H and O–H groups in total. The van der Waals surface area contributed by atoms with Crippen LogP contribution in [-0.4, -0.2) is 53.1 Å². The molecule has 0 radical (unpaired) electrons. The number of aryl methyl sites for hydroxylation is 1. The first-order valence-corrected chi connectivity index (χ1v) is 9.49. The summed E-state index contributed by atoms with van der Waals surface area (Å²) in [5.41, 5.74) is -1.48. The van der Waals surface area contributed by atoms with Crippen molar-refractivity contribution in [2.75, 3.05) is 6.61 Å². The average Bonchev–Trinajstić information content (AvgIpc) is 2.92. The predicted molar refractivity (Wildman–Crippen MR) is 91.5 cm³/mol. The van der Waals surface area contributed by atoms with Gasteiger partial charge in [0, 0.05) is 0 Å². The summed E-state index contributed by atoms with van der Waals surface area (Å²) in [6, 6.07) is 5.84. The third kappa shape index (κ3) is 3.91. The fraction of sp³-hybridized carbons (Fsp3) is 0.375. The molecule has 0 aliphatic carbocycles. The van der Waals surface area contributed by atoms with Crippen LogP contribution in [0.2, 0.25) is 0 Å². The number of halogens is 1. The topological polar surface area (TPSA) is 148 Å². The minimum atomic E-state index is -4.16. The summed E-state index contributed by atoms with van der Waals surface area (Å²) in [5.74, 6) is -1.30. The smallest absolute Gasteiger partial charge is 0.330 e. The van der Waals surface area contributed by atoms with Gasteiger partial charge in [-0.1, -0.05) is 17.7 Å². The summed E-state index contributed by atoms with van der Waals surface area (Å²) in [7, 11) is -4.16. The Kier molecular flexibility index (Phi) is 5.50. The molecule has 4 atom stereocenters. The van der Waals surface area contributed by atoms with Gasteiger partial charge in [-0.2, -0.15) is 12.8 Å². The van der Waals surface area contributed by atoms with E-state index in [2.05, 4.69) is 0 Å². The molecule has 2 heterocycles. The summed E-state index contributed by atoms with van der Waals surface area (Å²) in [5, 5.41) is 20.2. The highest BCUT2D eigenvalue weighted by Crippen LogP contribution is 2.29. The van der Waals surface area contributed by atoms with Crippen molar-refractivity contribution in [2.45, 2.75) is 36.4 Å². The first-order chi connectivity index (χ1) is 13.1. The van der Waals surface area contributed by atoms with Crippen LogP contribution in [0.3, 0.4) is 0 Å². The van der Waals surface area contributed by atoms with E-state index in [1.54, 1.807) is 24.0 Å². The molecule has 1 aliphatic heterocycles. The van der Waals surface area contributed by atoms with Crippen LogP contribution >= 0.6 is 0 Å². The minimum Gasteiger partial charge on any atom is -0.387 e. The van der Waals surface area contributed by atoms with Crippen molar-refractivity contribution in [3.63, 3.8) is 0 Å². The van der Waals surface area contributed by atoms with Gasteiger partial charge in [-0.05, 0) is 19.1 Å². The maximum absolute atomic E-state index is 13.4. The fourth-order valence-corrected chi connectivity index (χ4v) is 3.59. The van der Waals surface area contributed by atoms with Crippen LogP contribution in [0, 0.1) is 12.7 Å². The second-order valence-corrected chi connectivity index (χ2v) is 7.86. The molecule has 0 bridgehead atoms. The molecule has 12 heteroatoms. The van der Waals surface area contributed by atoms with Gasteiger partial charge in [0.2, 0.25) is 5.82 Å². The highest BCUT2D eigenvalue weighted by molar-refractivity contribution is 7.86. The molecular formula is C16H17FN2O8S. The molecule has 1 aliphatic rings. The number of aliphatic hydroxyl groups is 2. The van der Waals surface area contributed by atoms with Crippen molar-refractivity contribution in [1.82, 2.24) is 9.55 Å². The zero-order valence-corrected chi connectivity index (χ0v) is 15.3. The van der Waals surface area contributed by atoms with Crippen LogP contribution in [0.5, 0.6) is 0 Å². The van der Waals surface area contributed by atoms with Gasteiger partial charge in [-0.15, -0.1) is 0 Å². The van der Waals surface area contributed by atoms with E-state index in [0.29, 0.717) is 10.8 Å². The van der Waals surface area contributed by atoms with Crippen molar-refractivity contribution in [2.24, 2.45) is 0 Å². The predicted octanol–water partition coefficient (Wildman–Crippen LogP) is -0.991. The van der Waals surface area contributed by atoms with Crippen LogP contribution in [-0.2, 0) is 19.0 Å². The lowest BCUT2D eigenvalue weighted by molar-refractivity contribution is -0.0513. The van der Waals surface area contributed by atoms with Crippen molar-refractivity contribution in [3.05, 3.63) is 62.7 Å². The van der Waals surface area contributed by atoms with E-state index >= 15 is 0 Å². The Morgan fingerprint density at radius 1 is 1.21 bits per heavy atom. The summed E-state index contributed by atoms with van der Waals surface area (Å²) < 4.78 is 48.6. The lowest BCUT2D eigenvalue weighted by Gasteiger charge is -2.16. The summed E-state index contributed by atoms with van der Waals surface area (Å²) in [4.78, 5) is 24.5. The Bertz CT molecular complexity index is 1080. The third-order valence-corrected chi connectivity index (χ3v) is 5.53. The molecule has 1 aromatic carbocycles. The summed E-state index contributed by atoms with van der Waals surface area (Å²) >= 11 is 0. The van der Waals surface area contributed by atoms with Crippen molar-refractivity contribution < 1.29 is 31.9 Å². The molecule has 0 saturated carbocycles. The molecular weight excluding hydrogens is 399 g/mol. The number of aromatic nitrogens is 2. The number of aromatic amines is 1. The van der Waals surface area contributed by atoms with Crippen LogP contribution in [0.1, 0.15) is 11.8 Å². The maximum atomic E-state index is 13.4. The van der Waals surface area contributed by atoms with Gasteiger partial charge in [-0.3, -0.25) is 18.5 Å². The van der Waals surface area contributed by atoms with E-state index in [1.165, 1.54) is 12.1 Å². The van der Waals surface area contributed by atoms with Crippen molar-refractivity contribution in [3.8, 4) is 0 Å². The quantitative estimate of drug-likeness (QED) is 0.526.